The Labute approximate surface area is 86.8 Å². The number of rotatable bonds is 2. The van der Waals surface area contributed by atoms with Gasteiger partial charge in [-0.05, 0) is 18.6 Å². The van der Waals surface area contributed by atoms with Crippen LogP contribution in [0.25, 0.3) is 0 Å². The SMILES string of the molecule is Nc1ccc(C(=O)NC2CCOC2)nn1. The topological polar surface area (TPSA) is 90.1 Å². The third-order valence-electron chi connectivity index (χ3n) is 2.18. The van der Waals surface area contributed by atoms with Crippen molar-refractivity contribution >= 4 is 11.7 Å². The summed E-state index contributed by atoms with van der Waals surface area (Å²) < 4.78 is 5.14. The molecule has 6 heteroatoms. The zero-order valence-electron chi connectivity index (χ0n) is 8.14. The standard InChI is InChI=1S/C9H12N4O2/c10-8-2-1-7(12-13-8)9(14)11-6-3-4-15-5-6/h1-2,6H,3-5H2,(H2,10,13)(H,11,14). The molecule has 1 aliphatic rings. The Kier molecular flexibility index (Phi) is 2.77. The van der Waals surface area contributed by atoms with Crippen LogP contribution in [-0.4, -0.2) is 35.4 Å². The molecule has 0 bridgehead atoms. The number of anilines is 1. The average molecular weight is 208 g/mol. The summed E-state index contributed by atoms with van der Waals surface area (Å²) in [6.07, 6.45) is 0.841. The summed E-state index contributed by atoms with van der Waals surface area (Å²) in [5.74, 6) is 0.0637. The second-order valence-electron chi connectivity index (χ2n) is 3.38. The van der Waals surface area contributed by atoms with Gasteiger partial charge in [0.2, 0.25) is 0 Å². The maximum atomic E-state index is 11.6. The molecule has 1 atom stereocenters. The van der Waals surface area contributed by atoms with Crippen LogP contribution < -0.4 is 11.1 Å². The van der Waals surface area contributed by atoms with E-state index in [1.807, 2.05) is 0 Å². The van der Waals surface area contributed by atoms with Gasteiger partial charge in [0.15, 0.2) is 5.69 Å². The van der Waals surface area contributed by atoms with Gasteiger partial charge in [-0.25, -0.2) is 0 Å². The maximum Gasteiger partial charge on any atom is 0.272 e. The van der Waals surface area contributed by atoms with Crippen molar-refractivity contribution in [2.75, 3.05) is 18.9 Å². The Hall–Kier alpha value is -1.69. The Balaban J connectivity index is 1.98. The number of nitrogens with two attached hydrogens (primary N) is 1. The summed E-state index contributed by atoms with van der Waals surface area (Å²) >= 11 is 0. The predicted octanol–water partition coefficient (Wildman–Crippen LogP) is -0.423. The highest BCUT2D eigenvalue weighted by Crippen LogP contribution is 2.04. The van der Waals surface area contributed by atoms with E-state index in [0.717, 1.165) is 6.42 Å². The molecule has 6 nitrogen and oxygen atoms in total. The van der Waals surface area contributed by atoms with E-state index in [1.54, 1.807) is 12.1 Å². The minimum absolute atomic E-state index is 0.0804. The number of amides is 1. The zero-order valence-corrected chi connectivity index (χ0v) is 8.14. The molecule has 2 rings (SSSR count). The van der Waals surface area contributed by atoms with Gasteiger partial charge in [0.25, 0.3) is 5.91 Å². The van der Waals surface area contributed by atoms with Crippen LogP contribution in [0, 0.1) is 0 Å². The second-order valence-corrected chi connectivity index (χ2v) is 3.38. The van der Waals surface area contributed by atoms with E-state index >= 15 is 0 Å². The largest absolute Gasteiger partial charge is 0.382 e. The first-order chi connectivity index (χ1) is 7.25. The van der Waals surface area contributed by atoms with Crippen LogP contribution in [0.3, 0.4) is 0 Å². The molecular weight excluding hydrogens is 196 g/mol. The summed E-state index contributed by atoms with van der Waals surface area (Å²) in [5.41, 5.74) is 5.64. The van der Waals surface area contributed by atoms with Crippen LogP contribution in [0.2, 0.25) is 0 Å². The lowest BCUT2D eigenvalue weighted by Crippen LogP contribution is -2.35. The van der Waals surface area contributed by atoms with Crippen molar-refractivity contribution in [3.63, 3.8) is 0 Å². The number of ether oxygens (including phenoxy) is 1. The lowest BCUT2D eigenvalue weighted by atomic mass is 10.2. The number of hydrogen-bond acceptors (Lipinski definition) is 5. The fourth-order valence-electron chi connectivity index (χ4n) is 1.37. The molecule has 1 unspecified atom stereocenters. The summed E-state index contributed by atoms with van der Waals surface area (Å²) in [4.78, 5) is 11.6. The molecule has 0 spiro atoms. The fourth-order valence-corrected chi connectivity index (χ4v) is 1.37. The number of nitrogens with zero attached hydrogens (tertiary/aromatic N) is 2. The molecule has 0 aromatic carbocycles. The van der Waals surface area contributed by atoms with Gasteiger partial charge in [0.1, 0.15) is 5.82 Å². The van der Waals surface area contributed by atoms with Crippen molar-refractivity contribution in [3.8, 4) is 0 Å². The molecule has 1 saturated heterocycles. The molecular formula is C9H12N4O2. The monoisotopic (exact) mass is 208 g/mol. The van der Waals surface area contributed by atoms with E-state index in [2.05, 4.69) is 15.5 Å². The number of carbonyl (C=O) groups excluding carboxylic acids is 1. The molecule has 2 heterocycles. The molecule has 0 radical (unpaired) electrons. The summed E-state index contributed by atoms with van der Waals surface area (Å²) in [6, 6.07) is 3.18. The highest BCUT2D eigenvalue weighted by atomic mass is 16.5. The van der Waals surface area contributed by atoms with Crippen LogP contribution in [0.1, 0.15) is 16.9 Å². The van der Waals surface area contributed by atoms with Gasteiger partial charge in [-0.3, -0.25) is 4.79 Å². The van der Waals surface area contributed by atoms with Gasteiger partial charge < -0.3 is 15.8 Å². The molecule has 15 heavy (non-hydrogen) atoms. The smallest absolute Gasteiger partial charge is 0.272 e. The molecule has 1 aromatic heterocycles. The van der Waals surface area contributed by atoms with Crippen LogP contribution >= 0.6 is 0 Å². The van der Waals surface area contributed by atoms with Gasteiger partial charge in [-0.2, -0.15) is 0 Å². The number of hydrogen-bond donors (Lipinski definition) is 2. The van der Waals surface area contributed by atoms with Crippen LogP contribution in [-0.2, 0) is 4.74 Å². The maximum absolute atomic E-state index is 11.6. The van der Waals surface area contributed by atoms with Crippen molar-refractivity contribution in [1.82, 2.24) is 15.5 Å². The minimum atomic E-state index is -0.238. The van der Waals surface area contributed by atoms with Crippen LogP contribution in [0.5, 0.6) is 0 Å². The third-order valence-corrected chi connectivity index (χ3v) is 2.18. The van der Waals surface area contributed by atoms with E-state index < -0.39 is 0 Å². The summed E-state index contributed by atoms with van der Waals surface area (Å²) in [5, 5.41) is 10.1. The van der Waals surface area contributed by atoms with Crippen LogP contribution in [0.4, 0.5) is 5.82 Å². The lowest BCUT2D eigenvalue weighted by molar-refractivity contribution is 0.0924. The van der Waals surface area contributed by atoms with Gasteiger partial charge in [0.05, 0.1) is 12.6 Å². The average Bonchev–Trinajstić information content (AvgIpc) is 2.71. The number of nitrogens with one attached hydrogen (secondary N) is 1. The van der Waals surface area contributed by atoms with E-state index in [9.17, 15) is 4.79 Å². The van der Waals surface area contributed by atoms with E-state index in [-0.39, 0.29) is 17.6 Å². The number of carbonyl (C=O) groups is 1. The van der Waals surface area contributed by atoms with Crippen molar-refractivity contribution < 1.29 is 9.53 Å². The van der Waals surface area contributed by atoms with E-state index in [1.165, 1.54) is 0 Å². The molecule has 0 aliphatic carbocycles. The summed E-state index contributed by atoms with van der Waals surface area (Å²) in [6.45, 7) is 1.26. The Bertz CT molecular complexity index is 346. The van der Waals surface area contributed by atoms with Crippen molar-refractivity contribution in [1.29, 1.82) is 0 Å². The first kappa shape index (κ1) is 9.85. The highest BCUT2D eigenvalue weighted by molar-refractivity contribution is 5.92. The zero-order chi connectivity index (χ0) is 10.7. The Morgan fingerprint density at radius 2 is 2.40 bits per heavy atom. The normalized spacial score (nSPS) is 20.1. The van der Waals surface area contributed by atoms with Gasteiger partial charge in [-0.1, -0.05) is 0 Å². The fraction of sp³-hybridized carbons (Fsp3) is 0.444. The molecule has 1 aliphatic heterocycles. The van der Waals surface area contributed by atoms with Gasteiger partial charge in [0, 0.05) is 6.61 Å². The molecule has 1 amide bonds. The summed E-state index contributed by atoms with van der Waals surface area (Å²) in [7, 11) is 0. The minimum Gasteiger partial charge on any atom is -0.382 e. The van der Waals surface area contributed by atoms with Crippen molar-refractivity contribution in [2.45, 2.75) is 12.5 Å². The lowest BCUT2D eigenvalue weighted by Gasteiger charge is -2.09. The molecule has 0 saturated carbocycles. The molecule has 80 valence electrons. The Morgan fingerprint density at radius 3 is 3.00 bits per heavy atom. The third kappa shape index (κ3) is 2.41. The predicted molar refractivity (Wildman–Crippen MR) is 53.1 cm³/mol. The number of aromatic nitrogens is 2. The van der Waals surface area contributed by atoms with Crippen molar-refractivity contribution in [3.05, 3.63) is 17.8 Å². The first-order valence-electron chi connectivity index (χ1n) is 4.73. The van der Waals surface area contributed by atoms with Gasteiger partial charge >= 0.3 is 0 Å². The second kappa shape index (κ2) is 4.22. The van der Waals surface area contributed by atoms with Gasteiger partial charge in [-0.15, -0.1) is 10.2 Å². The molecule has 3 N–H and O–H groups in total. The van der Waals surface area contributed by atoms with E-state index in [0.29, 0.717) is 19.0 Å². The number of nitrogen functional groups attached to an aromatic ring is 1. The van der Waals surface area contributed by atoms with Crippen molar-refractivity contribution in [2.24, 2.45) is 0 Å². The quantitative estimate of drug-likeness (QED) is 0.688. The first-order valence-corrected chi connectivity index (χ1v) is 4.73. The molecule has 1 fully saturated rings. The van der Waals surface area contributed by atoms with E-state index in [4.69, 9.17) is 10.5 Å². The Morgan fingerprint density at radius 1 is 1.53 bits per heavy atom. The highest BCUT2D eigenvalue weighted by Gasteiger charge is 2.19. The van der Waals surface area contributed by atoms with Crippen LogP contribution in [0.15, 0.2) is 12.1 Å². The molecule has 1 aromatic rings.